The molecule has 0 fully saturated rings. The fraction of sp³-hybridized carbons (Fsp3) is 0.769. The second kappa shape index (κ2) is 7.20. The molecule has 1 aromatic heterocycles. The zero-order valence-corrected chi connectivity index (χ0v) is 11.1. The van der Waals surface area contributed by atoms with Crippen LogP contribution in [0.2, 0.25) is 0 Å². The number of aromatic nitrogens is 3. The maximum atomic E-state index is 10.7. The SMILES string of the molecule is CCC(C=O)CCCn1nncc1CC(C)C. The fourth-order valence-corrected chi connectivity index (χ4v) is 1.92. The van der Waals surface area contributed by atoms with E-state index in [2.05, 4.69) is 31.1 Å². The van der Waals surface area contributed by atoms with Crippen LogP contribution in [0.1, 0.15) is 45.7 Å². The maximum absolute atomic E-state index is 10.7. The third kappa shape index (κ3) is 4.67. The number of nitrogens with zero attached hydrogens (tertiary/aromatic N) is 3. The van der Waals surface area contributed by atoms with Crippen LogP contribution in [-0.4, -0.2) is 21.3 Å². The van der Waals surface area contributed by atoms with E-state index in [4.69, 9.17) is 0 Å². The van der Waals surface area contributed by atoms with Crippen molar-refractivity contribution in [3.8, 4) is 0 Å². The minimum atomic E-state index is 0.201. The van der Waals surface area contributed by atoms with Crippen LogP contribution in [0.4, 0.5) is 0 Å². The van der Waals surface area contributed by atoms with Gasteiger partial charge in [0, 0.05) is 12.5 Å². The quantitative estimate of drug-likeness (QED) is 0.653. The van der Waals surface area contributed by atoms with Crippen molar-refractivity contribution in [3.63, 3.8) is 0 Å². The lowest BCUT2D eigenvalue weighted by Crippen LogP contribution is -2.09. The Morgan fingerprint density at radius 2 is 2.24 bits per heavy atom. The maximum Gasteiger partial charge on any atom is 0.123 e. The van der Waals surface area contributed by atoms with E-state index < -0.39 is 0 Å². The van der Waals surface area contributed by atoms with E-state index in [1.807, 2.05) is 10.9 Å². The minimum Gasteiger partial charge on any atom is -0.303 e. The molecule has 1 rings (SSSR count). The summed E-state index contributed by atoms with van der Waals surface area (Å²) in [5.74, 6) is 0.817. The number of carbonyl (C=O) groups excluding carboxylic acids is 1. The number of aldehydes is 1. The fourth-order valence-electron chi connectivity index (χ4n) is 1.92. The van der Waals surface area contributed by atoms with Crippen LogP contribution in [0.25, 0.3) is 0 Å². The summed E-state index contributed by atoms with van der Waals surface area (Å²) < 4.78 is 1.97. The van der Waals surface area contributed by atoms with Gasteiger partial charge in [0.25, 0.3) is 0 Å². The Morgan fingerprint density at radius 3 is 2.82 bits per heavy atom. The van der Waals surface area contributed by atoms with E-state index in [1.165, 1.54) is 5.69 Å². The molecule has 0 saturated carbocycles. The molecule has 1 heterocycles. The van der Waals surface area contributed by atoms with Crippen molar-refractivity contribution in [1.29, 1.82) is 0 Å². The Labute approximate surface area is 103 Å². The highest BCUT2D eigenvalue weighted by atomic mass is 16.1. The number of rotatable bonds is 8. The molecule has 1 atom stereocenters. The van der Waals surface area contributed by atoms with Gasteiger partial charge in [-0.2, -0.15) is 0 Å². The largest absolute Gasteiger partial charge is 0.303 e. The first kappa shape index (κ1) is 13.9. The molecule has 4 heteroatoms. The van der Waals surface area contributed by atoms with Crippen LogP contribution >= 0.6 is 0 Å². The van der Waals surface area contributed by atoms with Crippen LogP contribution in [-0.2, 0) is 17.8 Å². The van der Waals surface area contributed by atoms with Gasteiger partial charge in [0.1, 0.15) is 6.29 Å². The van der Waals surface area contributed by atoms with Crippen molar-refractivity contribution in [1.82, 2.24) is 15.0 Å². The summed E-state index contributed by atoms with van der Waals surface area (Å²) in [4.78, 5) is 10.7. The second-order valence-corrected chi connectivity index (χ2v) is 4.99. The normalized spacial score (nSPS) is 12.9. The van der Waals surface area contributed by atoms with Gasteiger partial charge in [-0.05, 0) is 31.6 Å². The molecule has 17 heavy (non-hydrogen) atoms. The molecule has 4 nitrogen and oxygen atoms in total. The van der Waals surface area contributed by atoms with Gasteiger partial charge < -0.3 is 4.79 Å². The van der Waals surface area contributed by atoms with Crippen molar-refractivity contribution < 1.29 is 4.79 Å². The third-order valence-corrected chi connectivity index (χ3v) is 2.98. The highest BCUT2D eigenvalue weighted by molar-refractivity contribution is 5.53. The molecule has 0 aliphatic rings. The predicted molar refractivity (Wildman–Crippen MR) is 67.6 cm³/mol. The molecule has 0 aromatic carbocycles. The molecule has 0 amide bonds. The second-order valence-electron chi connectivity index (χ2n) is 4.99. The first-order valence-corrected chi connectivity index (χ1v) is 6.50. The molecular formula is C13H23N3O. The number of hydrogen-bond donors (Lipinski definition) is 0. The van der Waals surface area contributed by atoms with Crippen LogP contribution in [0.3, 0.4) is 0 Å². The van der Waals surface area contributed by atoms with Crippen LogP contribution in [0.5, 0.6) is 0 Å². The average Bonchev–Trinajstić information content (AvgIpc) is 2.71. The molecule has 0 spiro atoms. The Kier molecular flexibility index (Phi) is 5.87. The summed E-state index contributed by atoms with van der Waals surface area (Å²) in [6.45, 7) is 7.30. The molecule has 0 aliphatic carbocycles. The minimum absolute atomic E-state index is 0.201. The summed E-state index contributed by atoms with van der Waals surface area (Å²) >= 11 is 0. The van der Waals surface area contributed by atoms with Gasteiger partial charge in [-0.15, -0.1) is 5.10 Å². The zero-order valence-electron chi connectivity index (χ0n) is 11.1. The van der Waals surface area contributed by atoms with Gasteiger partial charge in [-0.1, -0.05) is 26.0 Å². The van der Waals surface area contributed by atoms with Crippen molar-refractivity contribution >= 4 is 6.29 Å². The van der Waals surface area contributed by atoms with E-state index in [9.17, 15) is 4.79 Å². The monoisotopic (exact) mass is 237 g/mol. The van der Waals surface area contributed by atoms with Gasteiger partial charge in [-0.25, -0.2) is 4.68 Å². The first-order chi connectivity index (χ1) is 8.17. The third-order valence-electron chi connectivity index (χ3n) is 2.98. The van der Waals surface area contributed by atoms with E-state index in [0.717, 1.165) is 38.5 Å². The molecular weight excluding hydrogens is 214 g/mol. The Morgan fingerprint density at radius 1 is 1.47 bits per heavy atom. The van der Waals surface area contributed by atoms with Crippen molar-refractivity contribution in [2.45, 2.75) is 53.0 Å². The number of hydrogen-bond acceptors (Lipinski definition) is 3. The van der Waals surface area contributed by atoms with E-state index in [-0.39, 0.29) is 5.92 Å². The van der Waals surface area contributed by atoms with Crippen LogP contribution < -0.4 is 0 Å². The first-order valence-electron chi connectivity index (χ1n) is 6.50. The Hall–Kier alpha value is -1.19. The summed E-state index contributed by atoms with van der Waals surface area (Å²) in [6, 6.07) is 0. The molecule has 96 valence electrons. The lowest BCUT2D eigenvalue weighted by atomic mass is 10.0. The highest BCUT2D eigenvalue weighted by Gasteiger charge is 2.08. The zero-order chi connectivity index (χ0) is 12.7. The number of carbonyl (C=O) groups is 1. The van der Waals surface area contributed by atoms with Crippen molar-refractivity contribution in [2.75, 3.05) is 0 Å². The molecule has 0 aliphatic heterocycles. The highest BCUT2D eigenvalue weighted by Crippen LogP contribution is 2.11. The van der Waals surface area contributed by atoms with E-state index in [1.54, 1.807) is 0 Å². The van der Waals surface area contributed by atoms with Crippen LogP contribution in [0.15, 0.2) is 6.20 Å². The lowest BCUT2D eigenvalue weighted by molar-refractivity contribution is -0.111. The van der Waals surface area contributed by atoms with Crippen molar-refractivity contribution in [2.24, 2.45) is 11.8 Å². The lowest BCUT2D eigenvalue weighted by Gasteiger charge is -2.09. The van der Waals surface area contributed by atoms with Gasteiger partial charge in [-0.3, -0.25) is 0 Å². The molecule has 0 radical (unpaired) electrons. The van der Waals surface area contributed by atoms with Gasteiger partial charge >= 0.3 is 0 Å². The summed E-state index contributed by atoms with van der Waals surface area (Å²) in [6.07, 6.45) is 6.79. The summed E-state index contributed by atoms with van der Waals surface area (Å²) in [5, 5.41) is 8.05. The molecule has 0 N–H and O–H groups in total. The number of aryl methyl sites for hydroxylation is 1. The molecule has 1 unspecified atom stereocenters. The van der Waals surface area contributed by atoms with Gasteiger partial charge in [0.15, 0.2) is 0 Å². The Bertz CT molecular complexity index is 333. The summed E-state index contributed by atoms with van der Waals surface area (Å²) in [7, 11) is 0. The standard InChI is InChI=1S/C13H23N3O/c1-4-12(10-17)6-5-7-16-13(8-11(2)3)9-14-15-16/h9-12H,4-8H2,1-3H3. The smallest absolute Gasteiger partial charge is 0.123 e. The Balaban J connectivity index is 2.41. The molecule has 0 saturated heterocycles. The molecule has 0 bridgehead atoms. The molecule has 1 aromatic rings. The predicted octanol–water partition coefficient (Wildman–Crippen LogP) is 2.48. The van der Waals surface area contributed by atoms with E-state index in [0.29, 0.717) is 5.92 Å². The van der Waals surface area contributed by atoms with Gasteiger partial charge in [0.05, 0.1) is 11.9 Å². The van der Waals surface area contributed by atoms with E-state index >= 15 is 0 Å². The average molecular weight is 237 g/mol. The van der Waals surface area contributed by atoms with Crippen molar-refractivity contribution in [3.05, 3.63) is 11.9 Å². The van der Waals surface area contributed by atoms with Crippen LogP contribution in [0, 0.1) is 11.8 Å². The topological polar surface area (TPSA) is 47.8 Å². The van der Waals surface area contributed by atoms with Gasteiger partial charge in [0.2, 0.25) is 0 Å². The summed E-state index contributed by atoms with van der Waals surface area (Å²) in [5.41, 5.74) is 1.19.